The number of nitrogens with two attached hydrogens (primary N) is 1. The van der Waals surface area contributed by atoms with Crippen molar-refractivity contribution in [2.45, 2.75) is 12.8 Å². The predicted molar refractivity (Wildman–Crippen MR) is 67.2 cm³/mol. The van der Waals surface area contributed by atoms with Crippen LogP contribution in [0.25, 0.3) is 11.4 Å². The lowest BCUT2D eigenvalue weighted by atomic mass is 10.2. The Morgan fingerprint density at radius 3 is 2.53 bits per heavy atom. The molecule has 2 rings (SSSR count). The molecule has 1 atom stereocenters. The number of nitrogens with zero attached hydrogens (tertiary/aromatic N) is 2. The molecule has 0 saturated carbocycles. The third-order valence-electron chi connectivity index (χ3n) is 2.34. The summed E-state index contributed by atoms with van der Waals surface area (Å²) >= 11 is 11.8. The number of hydrogen-bond donors (Lipinski definition) is 1. The first-order valence-electron chi connectivity index (χ1n) is 5.10. The van der Waals surface area contributed by atoms with Gasteiger partial charge in [-0.15, -0.1) is 0 Å². The highest BCUT2D eigenvalue weighted by atomic mass is 35.5. The summed E-state index contributed by atoms with van der Waals surface area (Å²) in [6, 6.07) is 5.11. The highest BCUT2D eigenvalue weighted by Gasteiger charge is 2.14. The normalized spacial score (nSPS) is 12.7. The third kappa shape index (κ3) is 2.77. The molecule has 1 unspecified atom stereocenters. The number of aromatic nitrogens is 2. The molecule has 1 aromatic heterocycles. The fourth-order valence-electron chi connectivity index (χ4n) is 1.34. The van der Waals surface area contributed by atoms with Crippen molar-refractivity contribution in [2.75, 3.05) is 6.54 Å². The van der Waals surface area contributed by atoms with Crippen molar-refractivity contribution in [3.8, 4) is 11.4 Å². The second-order valence-corrected chi connectivity index (χ2v) is 4.62. The van der Waals surface area contributed by atoms with Crippen LogP contribution >= 0.6 is 23.2 Å². The summed E-state index contributed by atoms with van der Waals surface area (Å²) in [5.74, 6) is 1.01. The predicted octanol–water partition coefficient (Wildman–Crippen LogP) is 3.11. The van der Waals surface area contributed by atoms with Crippen LogP contribution in [0.15, 0.2) is 22.7 Å². The lowest BCUT2D eigenvalue weighted by molar-refractivity contribution is 0.361. The van der Waals surface area contributed by atoms with Crippen LogP contribution in [-0.4, -0.2) is 16.7 Å². The molecular weight excluding hydrogens is 261 g/mol. The monoisotopic (exact) mass is 271 g/mol. The summed E-state index contributed by atoms with van der Waals surface area (Å²) in [6.45, 7) is 2.38. The topological polar surface area (TPSA) is 64.9 Å². The summed E-state index contributed by atoms with van der Waals surface area (Å²) < 4.78 is 5.12. The molecule has 90 valence electrons. The Labute approximate surface area is 109 Å². The first kappa shape index (κ1) is 12.4. The van der Waals surface area contributed by atoms with Gasteiger partial charge in [-0.25, -0.2) is 0 Å². The van der Waals surface area contributed by atoms with E-state index in [1.165, 1.54) is 0 Å². The molecule has 17 heavy (non-hydrogen) atoms. The van der Waals surface area contributed by atoms with E-state index in [2.05, 4.69) is 10.1 Å². The maximum Gasteiger partial charge on any atom is 0.231 e. The summed E-state index contributed by atoms with van der Waals surface area (Å²) in [5, 5.41) is 4.94. The molecule has 6 heteroatoms. The zero-order chi connectivity index (χ0) is 12.4. The molecule has 4 nitrogen and oxygen atoms in total. The molecule has 0 saturated heterocycles. The van der Waals surface area contributed by atoms with Crippen molar-refractivity contribution in [2.24, 2.45) is 5.73 Å². The Hall–Kier alpha value is -1.10. The summed E-state index contributed by atoms with van der Waals surface area (Å²) in [7, 11) is 0. The van der Waals surface area contributed by atoms with E-state index in [1.54, 1.807) is 18.2 Å². The first-order chi connectivity index (χ1) is 8.10. The average Bonchev–Trinajstić information content (AvgIpc) is 2.76. The van der Waals surface area contributed by atoms with Crippen LogP contribution in [0, 0.1) is 0 Å². The van der Waals surface area contributed by atoms with Crippen LogP contribution in [0.1, 0.15) is 18.7 Å². The first-order valence-corrected chi connectivity index (χ1v) is 5.86. The van der Waals surface area contributed by atoms with Crippen molar-refractivity contribution in [1.82, 2.24) is 10.1 Å². The van der Waals surface area contributed by atoms with Crippen LogP contribution in [0.3, 0.4) is 0 Å². The van der Waals surface area contributed by atoms with Crippen molar-refractivity contribution < 1.29 is 4.52 Å². The zero-order valence-electron chi connectivity index (χ0n) is 9.15. The van der Waals surface area contributed by atoms with Gasteiger partial charge in [0.1, 0.15) is 0 Å². The van der Waals surface area contributed by atoms with Crippen LogP contribution in [-0.2, 0) is 0 Å². The van der Waals surface area contributed by atoms with Crippen LogP contribution in [0.2, 0.25) is 10.0 Å². The van der Waals surface area contributed by atoms with E-state index in [9.17, 15) is 0 Å². The van der Waals surface area contributed by atoms with E-state index in [-0.39, 0.29) is 5.92 Å². The van der Waals surface area contributed by atoms with Crippen molar-refractivity contribution >= 4 is 23.2 Å². The highest BCUT2D eigenvalue weighted by Crippen LogP contribution is 2.26. The molecule has 0 fully saturated rings. The van der Waals surface area contributed by atoms with Gasteiger partial charge in [-0.3, -0.25) is 0 Å². The number of hydrogen-bond acceptors (Lipinski definition) is 4. The standard InChI is InChI=1S/C11H11Cl2N3O/c1-6(5-14)11-15-10(16-17-11)7-2-8(12)4-9(13)3-7/h2-4,6H,5,14H2,1H3. The smallest absolute Gasteiger partial charge is 0.231 e. The minimum absolute atomic E-state index is 0.0332. The molecule has 0 amide bonds. The molecule has 1 heterocycles. The van der Waals surface area contributed by atoms with E-state index >= 15 is 0 Å². The molecule has 1 aromatic carbocycles. The third-order valence-corrected chi connectivity index (χ3v) is 2.77. The van der Waals surface area contributed by atoms with Crippen molar-refractivity contribution in [3.63, 3.8) is 0 Å². The molecule has 0 aliphatic heterocycles. The summed E-state index contributed by atoms with van der Waals surface area (Å²) in [4.78, 5) is 4.26. The Kier molecular flexibility index (Phi) is 3.66. The van der Waals surface area contributed by atoms with Gasteiger partial charge in [0.15, 0.2) is 0 Å². The number of benzene rings is 1. The fraction of sp³-hybridized carbons (Fsp3) is 0.273. The SMILES string of the molecule is CC(CN)c1nc(-c2cc(Cl)cc(Cl)c2)no1. The number of halogens is 2. The van der Waals surface area contributed by atoms with E-state index in [1.807, 2.05) is 6.92 Å². The van der Waals surface area contributed by atoms with Crippen molar-refractivity contribution in [3.05, 3.63) is 34.1 Å². The molecule has 0 aliphatic carbocycles. The van der Waals surface area contributed by atoms with Gasteiger partial charge in [0.2, 0.25) is 11.7 Å². The maximum absolute atomic E-state index is 5.91. The molecule has 2 aromatic rings. The van der Waals surface area contributed by atoms with Gasteiger partial charge in [0.25, 0.3) is 0 Å². The van der Waals surface area contributed by atoms with Gasteiger partial charge in [-0.1, -0.05) is 35.3 Å². The minimum atomic E-state index is 0.0332. The van der Waals surface area contributed by atoms with E-state index in [0.29, 0.717) is 28.3 Å². The Balaban J connectivity index is 2.36. The number of rotatable bonds is 3. The maximum atomic E-state index is 5.91. The Bertz CT molecular complexity index is 507. The summed E-state index contributed by atoms with van der Waals surface area (Å²) in [5.41, 5.74) is 6.25. The molecule has 0 aliphatic rings. The molecular formula is C11H11Cl2N3O. The van der Waals surface area contributed by atoms with Crippen LogP contribution < -0.4 is 5.73 Å². The van der Waals surface area contributed by atoms with Gasteiger partial charge in [-0.2, -0.15) is 4.98 Å². The molecule has 0 bridgehead atoms. The van der Waals surface area contributed by atoms with Gasteiger partial charge in [0, 0.05) is 28.1 Å². The Morgan fingerprint density at radius 1 is 1.29 bits per heavy atom. The van der Waals surface area contributed by atoms with Gasteiger partial charge >= 0.3 is 0 Å². The molecule has 0 spiro atoms. The largest absolute Gasteiger partial charge is 0.339 e. The quantitative estimate of drug-likeness (QED) is 0.932. The van der Waals surface area contributed by atoms with E-state index < -0.39 is 0 Å². The lowest BCUT2D eigenvalue weighted by Gasteiger charge is -1.99. The van der Waals surface area contributed by atoms with Crippen LogP contribution in [0.5, 0.6) is 0 Å². The zero-order valence-corrected chi connectivity index (χ0v) is 10.7. The van der Waals surface area contributed by atoms with Crippen molar-refractivity contribution in [1.29, 1.82) is 0 Å². The van der Waals surface area contributed by atoms with Gasteiger partial charge < -0.3 is 10.3 Å². The van der Waals surface area contributed by atoms with Crippen LogP contribution in [0.4, 0.5) is 0 Å². The Morgan fingerprint density at radius 2 is 1.94 bits per heavy atom. The highest BCUT2D eigenvalue weighted by molar-refractivity contribution is 6.35. The second-order valence-electron chi connectivity index (χ2n) is 3.75. The minimum Gasteiger partial charge on any atom is -0.339 e. The lowest BCUT2D eigenvalue weighted by Crippen LogP contribution is -2.08. The summed E-state index contributed by atoms with van der Waals surface area (Å²) in [6.07, 6.45) is 0. The van der Waals surface area contributed by atoms with Gasteiger partial charge in [0.05, 0.1) is 0 Å². The van der Waals surface area contributed by atoms with E-state index in [0.717, 1.165) is 5.56 Å². The fourth-order valence-corrected chi connectivity index (χ4v) is 1.86. The molecule has 0 radical (unpaired) electrons. The molecule has 2 N–H and O–H groups in total. The average molecular weight is 272 g/mol. The second kappa shape index (κ2) is 5.04. The van der Waals surface area contributed by atoms with Gasteiger partial charge in [-0.05, 0) is 18.2 Å². The van der Waals surface area contributed by atoms with E-state index in [4.69, 9.17) is 33.5 Å².